The molecule has 0 amide bonds. The van der Waals surface area contributed by atoms with Gasteiger partial charge in [0.1, 0.15) is 0 Å². The molecular weight excluding hydrogens is 442 g/mol. The van der Waals surface area contributed by atoms with E-state index < -0.39 is 0 Å². The zero-order chi connectivity index (χ0) is 24.5. The highest BCUT2D eigenvalue weighted by molar-refractivity contribution is 6.03. The maximum Gasteiger partial charge on any atom is 0.0971 e. The molecule has 0 atom stereocenters. The van der Waals surface area contributed by atoms with E-state index in [0.717, 1.165) is 56.1 Å². The Kier molecular flexibility index (Phi) is 5.35. The summed E-state index contributed by atoms with van der Waals surface area (Å²) < 4.78 is 0. The Morgan fingerprint density at radius 2 is 1.47 bits per heavy atom. The topological polar surface area (TPSA) is 67.9 Å². The zero-order valence-corrected chi connectivity index (χ0v) is 19.5. The number of allylic oxidation sites excluding steroid dienone is 3. The van der Waals surface area contributed by atoms with Crippen molar-refractivity contribution in [1.82, 2.24) is 15.0 Å². The van der Waals surface area contributed by atoms with Gasteiger partial charge in [-0.15, -0.1) is 0 Å². The minimum absolute atomic E-state index is 0.667. The molecule has 0 aliphatic carbocycles. The zero-order valence-electron chi connectivity index (χ0n) is 19.5. The van der Waals surface area contributed by atoms with E-state index in [1.54, 1.807) is 12.4 Å². The van der Waals surface area contributed by atoms with Crippen molar-refractivity contribution >= 4 is 22.3 Å². The Morgan fingerprint density at radius 1 is 0.722 bits per heavy atom. The fourth-order valence-corrected chi connectivity index (χ4v) is 4.47. The first kappa shape index (κ1) is 21.5. The fourth-order valence-electron chi connectivity index (χ4n) is 4.47. The highest BCUT2D eigenvalue weighted by Gasteiger charge is 2.21. The third-order valence-corrected chi connectivity index (χ3v) is 6.25. The van der Waals surface area contributed by atoms with Crippen LogP contribution in [0.2, 0.25) is 0 Å². The number of pyridine rings is 3. The minimum atomic E-state index is 0.667. The fraction of sp³-hybridized carbons (Fsp3) is 0. The van der Waals surface area contributed by atoms with Gasteiger partial charge >= 0.3 is 0 Å². The van der Waals surface area contributed by atoms with Gasteiger partial charge in [-0.2, -0.15) is 0 Å². The summed E-state index contributed by atoms with van der Waals surface area (Å²) in [6.07, 6.45) is 11.4. The van der Waals surface area contributed by atoms with Gasteiger partial charge in [0, 0.05) is 46.4 Å². The second kappa shape index (κ2) is 8.96. The number of nitrogens with two attached hydrogens (primary N) is 1. The summed E-state index contributed by atoms with van der Waals surface area (Å²) in [6, 6.07) is 26.2. The minimum Gasteiger partial charge on any atom is -0.396 e. The van der Waals surface area contributed by atoms with Crippen molar-refractivity contribution in [2.24, 2.45) is 0 Å². The average molecular weight is 466 g/mol. The van der Waals surface area contributed by atoms with Crippen LogP contribution in [0.5, 0.6) is 0 Å². The largest absolute Gasteiger partial charge is 0.396 e. The van der Waals surface area contributed by atoms with Gasteiger partial charge in [-0.05, 0) is 48.6 Å². The van der Waals surface area contributed by atoms with Crippen LogP contribution in [0.4, 0.5) is 11.4 Å². The quantitative estimate of drug-likeness (QED) is 0.309. The predicted molar refractivity (Wildman–Crippen MR) is 148 cm³/mol. The molecule has 0 radical (unpaired) electrons. The van der Waals surface area contributed by atoms with E-state index in [2.05, 4.69) is 29.8 Å². The lowest BCUT2D eigenvalue weighted by Gasteiger charge is -2.27. The Labute approximate surface area is 209 Å². The van der Waals surface area contributed by atoms with Gasteiger partial charge in [-0.25, -0.2) is 9.97 Å². The van der Waals surface area contributed by atoms with Crippen molar-refractivity contribution < 1.29 is 0 Å². The van der Waals surface area contributed by atoms with Gasteiger partial charge in [-0.1, -0.05) is 55.1 Å². The summed E-state index contributed by atoms with van der Waals surface area (Å²) in [6.45, 7) is 4.22. The highest BCUT2D eigenvalue weighted by Crippen LogP contribution is 2.41. The van der Waals surface area contributed by atoms with Crippen LogP contribution in [0.1, 0.15) is 0 Å². The predicted octanol–water partition coefficient (Wildman–Crippen LogP) is 7.01. The molecule has 5 aromatic rings. The van der Waals surface area contributed by atoms with Crippen molar-refractivity contribution in [3.8, 4) is 33.8 Å². The van der Waals surface area contributed by atoms with Crippen LogP contribution in [0.3, 0.4) is 0 Å². The van der Waals surface area contributed by atoms with Gasteiger partial charge in [0.2, 0.25) is 0 Å². The lowest BCUT2D eigenvalue weighted by atomic mass is 10.0. The first-order chi connectivity index (χ1) is 17.7. The van der Waals surface area contributed by atoms with E-state index in [0.29, 0.717) is 5.69 Å². The lowest BCUT2D eigenvalue weighted by Crippen LogP contribution is -2.18. The number of fused-ring (bicyclic) bond motifs is 1. The van der Waals surface area contributed by atoms with Crippen molar-refractivity contribution in [3.63, 3.8) is 0 Å². The standard InChI is InChI=1S/C31H23N5/c1-21-8-4-5-19-36(21)31-29(32)25-11-2-3-12-28(25)35-30(31)24-10-6-9-23(20-24)27-14-7-13-26(34-27)22-15-17-33-18-16-22/h2-20H,1H2,(H2,32,35). The maximum atomic E-state index is 6.79. The molecule has 0 saturated heterocycles. The van der Waals surface area contributed by atoms with Crippen molar-refractivity contribution in [1.29, 1.82) is 0 Å². The molecule has 5 heteroatoms. The number of anilines is 2. The molecular formula is C31H23N5. The molecule has 0 saturated carbocycles. The molecule has 0 spiro atoms. The molecule has 6 rings (SSSR count). The number of aromatic nitrogens is 3. The van der Waals surface area contributed by atoms with E-state index in [1.165, 1.54) is 0 Å². The van der Waals surface area contributed by atoms with E-state index in [1.807, 2.05) is 90.0 Å². The number of benzene rings is 2. The van der Waals surface area contributed by atoms with Gasteiger partial charge < -0.3 is 10.6 Å². The smallest absolute Gasteiger partial charge is 0.0971 e. The van der Waals surface area contributed by atoms with Crippen LogP contribution in [0.25, 0.3) is 44.7 Å². The summed E-state index contributed by atoms with van der Waals surface area (Å²) in [5, 5.41) is 0.912. The van der Waals surface area contributed by atoms with E-state index in [4.69, 9.17) is 15.7 Å². The molecule has 1 aliphatic rings. The van der Waals surface area contributed by atoms with Crippen LogP contribution >= 0.6 is 0 Å². The molecule has 1 aliphatic heterocycles. The van der Waals surface area contributed by atoms with Gasteiger partial charge in [0.15, 0.2) is 0 Å². The van der Waals surface area contributed by atoms with Crippen LogP contribution < -0.4 is 10.6 Å². The second-order valence-corrected chi connectivity index (χ2v) is 8.53. The molecule has 3 aromatic heterocycles. The highest BCUT2D eigenvalue weighted by atomic mass is 15.1. The number of hydrogen-bond donors (Lipinski definition) is 1. The summed E-state index contributed by atoms with van der Waals surface area (Å²) in [7, 11) is 0. The summed E-state index contributed by atoms with van der Waals surface area (Å²) >= 11 is 0. The number of nitrogen functional groups attached to an aromatic ring is 1. The van der Waals surface area contributed by atoms with Crippen molar-refractivity contribution in [3.05, 3.63) is 128 Å². The van der Waals surface area contributed by atoms with E-state index in [-0.39, 0.29) is 0 Å². The number of para-hydroxylation sites is 1. The van der Waals surface area contributed by atoms with Crippen LogP contribution in [0.15, 0.2) is 128 Å². The Morgan fingerprint density at radius 3 is 2.31 bits per heavy atom. The molecule has 4 heterocycles. The molecule has 0 unspecified atom stereocenters. The van der Waals surface area contributed by atoms with E-state index in [9.17, 15) is 0 Å². The molecule has 5 nitrogen and oxygen atoms in total. The molecule has 0 fully saturated rings. The lowest BCUT2D eigenvalue weighted by molar-refractivity contribution is 1.19. The summed E-state index contributed by atoms with van der Waals surface area (Å²) in [5.74, 6) is 0. The average Bonchev–Trinajstić information content (AvgIpc) is 2.94. The Balaban J connectivity index is 1.52. The van der Waals surface area contributed by atoms with Crippen molar-refractivity contribution in [2.45, 2.75) is 0 Å². The first-order valence-corrected chi connectivity index (χ1v) is 11.7. The third-order valence-electron chi connectivity index (χ3n) is 6.25. The van der Waals surface area contributed by atoms with Gasteiger partial charge in [0.25, 0.3) is 0 Å². The Bertz CT molecular complexity index is 1670. The van der Waals surface area contributed by atoms with Crippen molar-refractivity contribution in [2.75, 3.05) is 10.6 Å². The molecule has 172 valence electrons. The maximum absolute atomic E-state index is 6.79. The van der Waals surface area contributed by atoms with Crippen LogP contribution in [-0.4, -0.2) is 15.0 Å². The van der Waals surface area contributed by atoms with E-state index >= 15 is 0 Å². The van der Waals surface area contributed by atoms with Gasteiger partial charge in [-0.3, -0.25) is 4.98 Å². The number of nitrogens with zero attached hydrogens (tertiary/aromatic N) is 4. The number of hydrogen-bond acceptors (Lipinski definition) is 5. The van der Waals surface area contributed by atoms with Gasteiger partial charge in [0.05, 0.1) is 34.0 Å². The Hall–Kier alpha value is -5.03. The monoisotopic (exact) mass is 465 g/mol. The SMILES string of the molecule is C=C1C=CC=CN1c1c(-c2cccc(-c3cccc(-c4ccncc4)n3)c2)nc2ccccc2c1N. The number of rotatable bonds is 4. The molecule has 0 bridgehead atoms. The van der Waals surface area contributed by atoms with Crippen LogP contribution in [-0.2, 0) is 0 Å². The third kappa shape index (κ3) is 3.83. The summed E-state index contributed by atoms with van der Waals surface area (Å²) in [4.78, 5) is 16.1. The summed E-state index contributed by atoms with van der Waals surface area (Å²) in [5.41, 5.74) is 15.5. The molecule has 36 heavy (non-hydrogen) atoms. The normalized spacial score (nSPS) is 12.9. The first-order valence-electron chi connectivity index (χ1n) is 11.7. The molecule has 2 aromatic carbocycles. The second-order valence-electron chi connectivity index (χ2n) is 8.53. The van der Waals surface area contributed by atoms with Crippen LogP contribution in [0, 0.1) is 0 Å². The molecule has 2 N–H and O–H groups in total.